The van der Waals surface area contributed by atoms with Crippen LogP contribution in [0.5, 0.6) is 0 Å². The number of nitrogens with zero attached hydrogens (tertiary/aromatic N) is 3. The molecule has 20 heavy (non-hydrogen) atoms. The summed E-state index contributed by atoms with van der Waals surface area (Å²) in [4.78, 5) is 4.38. The van der Waals surface area contributed by atoms with E-state index in [9.17, 15) is 13.2 Å². The van der Waals surface area contributed by atoms with Crippen LogP contribution in [0.25, 0.3) is 10.9 Å². The molecule has 6 heteroatoms. The van der Waals surface area contributed by atoms with Gasteiger partial charge in [-0.3, -0.25) is 9.67 Å². The monoisotopic (exact) mass is 283 g/mol. The molecule has 2 heterocycles. The first-order valence-electron chi connectivity index (χ1n) is 6.73. The predicted octanol–water partition coefficient (Wildman–Crippen LogP) is 3.75. The third kappa shape index (κ3) is 2.51. The van der Waals surface area contributed by atoms with Gasteiger partial charge in [-0.25, -0.2) is 0 Å². The Kier molecular flexibility index (Phi) is 2.99. The zero-order valence-electron chi connectivity index (χ0n) is 11.4. The van der Waals surface area contributed by atoms with E-state index in [0.29, 0.717) is 28.7 Å². The molecule has 3 nitrogen and oxygen atoms in total. The lowest BCUT2D eigenvalue weighted by atomic mass is 10.1. The molecule has 3 rings (SSSR count). The summed E-state index contributed by atoms with van der Waals surface area (Å²) in [6.07, 6.45) is -0.128. The van der Waals surface area contributed by atoms with Crippen molar-refractivity contribution in [3.05, 3.63) is 24.2 Å². The SMILES string of the molecule is CC(C)[C@@H]1C[C@H]1c1cc2c(cn1)cnn2CC(F)(F)F. The van der Waals surface area contributed by atoms with E-state index < -0.39 is 12.7 Å². The number of alkyl halides is 3. The van der Waals surface area contributed by atoms with Gasteiger partial charge in [-0.05, 0) is 24.3 Å². The van der Waals surface area contributed by atoms with Crippen molar-refractivity contribution in [1.29, 1.82) is 0 Å². The second-order valence-corrected chi connectivity index (χ2v) is 5.84. The highest BCUT2D eigenvalue weighted by atomic mass is 19.4. The van der Waals surface area contributed by atoms with Crippen molar-refractivity contribution in [3.8, 4) is 0 Å². The van der Waals surface area contributed by atoms with E-state index in [2.05, 4.69) is 23.9 Å². The standard InChI is InChI=1S/C14H16F3N3/c1-8(2)10-3-11(10)12-4-13-9(5-18-12)6-19-20(13)7-14(15,16)17/h4-6,8,10-11H,3,7H2,1-2H3/t10-,11+/m0/s1. The normalized spacial score (nSPS) is 22.7. The number of rotatable bonds is 3. The van der Waals surface area contributed by atoms with E-state index in [1.807, 2.05) is 0 Å². The fourth-order valence-electron chi connectivity index (χ4n) is 2.78. The summed E-state index contributed by atoms with van der Waals surface area (Å²) in [5.41, 5.74) is 1.40. The summed E-state index contributed by atoms with van der Waals surface area (Å²) < 4.78 is 38.5. The molecular formula is C14H16F3N3. The number of fused-ring (bicyclic) bond motifs is 1. The minimum absolute atomic E-state index is 0.383. The summed E-state index contributed by atoms with van der Waals surface area (Å²) in [6.45, 7) is 3.27. The predicted molar refractivity (Wildman–Crippen MR) is 69.3 cm³/mol. The summed E-state index contributed by atoms with van der Waals surface area (Å²) >= 11 is 0. The molecule has 2 aromatic rings. The van der Waals surface area contributed by atoms with Crippen LogP contribution in [0.4, 0.5) is 13.2 Å². The van der Waals surface area contributed by atoms with Crippen LogP contribution in [0.15, 0.2) is 18.5 Å². The van der Waals surface area contributed by atoms with Crippen LogP contribution in [0, 0.1) is 11.8 Å². The largest absolute Gasteiger partial charge is 0.408 e. The first-order valence-corrected chi connectivity index (χ1v) is 6.73. The van der Waals surface area contributed by atoms with E-state index in [1.54, 1.807) is 12.3 Å². The van der Waals surface area contributed by atoms with Gasteiger partial charge < -0.3 is 0 Å². The zero-order valence-corrected chi connectivity index (χ0v) is 11.4. The van der Waals surface area contributed by atoms with Crippen molar-refractivity contribution in [2.24, 2.45) is 11.8 Å². The van der Waals surface area contributed by atoms with Crippen molar-refractivity contribution in [1.82, 2.24) is 14.8 Å². The van der Waals surface area contributed by atoms with Crippen molar-refractivity contribution >= 4 is 10.9 Å². The van der Waals surface area contributed by atoms with Gasteiger partial charge in [-0.15, -0.1) is 0 Å². The first kappa shape index (κ1) is 13.4. The molecule has 1 fully saturated rings. The van der Waals surface area contributed by atoms with Gasteiger partial charge in [0.15, 0.2) is 0 Å². The molecule has 1 aliphatic carbocycles. The lowest BCUT2D eigenvalue weighted by molar-refractivity contribution is -0.141. The summed E-state index contributed by atoms with van der Waals surface area (Å²) in [6, 6.07) is 1.76. The highest BCUT2D eigenvalue weighted by molar-refractivity contribution is 5.78. The van der Waals surface area contributed by atoms with Crippen LogP contribution in [0.1, 0.15) is 31.9 Å². The van der Waals surface area contributed by atoms with Gasteiger partial charge in [0.25, 0.3) is 0 Å². The third-order valence-corrected chi connectivity index (χ3v) is 3.95. The van der Waals surface area contributed by atoms with Gasteiger partial charge in [0.1, 0.15) is 6.54 Å². The Bertz CT molecular complexity index is 630. The van der Waals surface area contributed by atoms with Crippen LogP contribution in [-0.2, 0) is 6.54 Å². The average Bonchev–Trinajstić information content (AvgIpc) is 3.06. The Morgan fingerprint density at radius 3 is 2.70 bits per heavy atom. The Hall–Kier alpha value is -1.59. The number of halogens is 3. The number of pyridine rings is 1. The Morgan fingerprint density at radius 2 is 2.10 bits per heavy atom. The molecule has 0 aliphatic heterocycles. The molecule has 108 valence electrons. The lowest BCUT2D eigenvalue weighted by Gasteiger charge is -2.08. The topological polar surface area (TPSA) is 30.7 Å². The maximum atomic E-state index is 12.5. The second kappa shape index (κ2) is 4.46. The van der Waals surface area contributed by atoms with Crippen LogP contribution >= 0.6 is 0 Å². The van der Waals surface area contributed by atoms with Gasteiger partial charge in [-0.2, -0.15) is 18.3 Å². The quantitative estimate of drug-likeness (QED) is 0.858. The minimum atomic E-state index is -4.26. The van der Waals surface area contributed by atoms with Gasteiger partial charge in [0.05, 0.1) is 11.7 Å². The van der Waals surface area contributed by atoms with Crippen molar-refractivity contribution in [2.45, 2.75) is 38.9 Å². The number of hydrogen-bond donors (Lipinski definition) is 0. The van der Waals surface area contributed by atoms with Crippen molar-refractivity contribution in [3.63, 3.8) is 0 Å². The van der Waals surface area contributed by atoms with E-state index in [0.717, 1.165) is 16.8 Å². The highest BCUT2D eigenvalue weighted by Crippen LogP contribution is 2.51. The molecule has 0 bridgehead atoms. The zero-order chi connectivity index (χ0) is 14.5. The van der Waals surface area contributed by atoms with E-state index >= 15 is 0 Å². The summed E-state index contributed by atoms with van der Waals surface area (Å²) in [5, 5.41) is 4.46. The van der Waals surface area contributed by atoms with Crippen LogP contribution in [0.3, 0.4) is 0 Å². The fraction of sp³-hybridized carbons (Fsp3) is 0.571. The molecule has 2 aromatic heterocycles. The maximum Gasteiger partial charge on any atom is 0.408 e. The van der Waals surface area contributed by atoms with Gasteiger partial charge >= 0.3 is 6.18 Å². The molecule has 1 saturated carbocycles. The van der Waals surface area contributed by atoms with E-state index in [4.69, 9.17) is 0 Å². The molecule has 2 atom stereocenters. The first-order chi connectivity index (χ1) is 9.35. The van der Waals surface area contributed by atoms with Crippen LogP contribution in [-0.4, -0.2) is 20.9 Å². The molecule has 0 amide bonds. The van der Waals surface area contributed by atoms with Crippen LogP contribution < -0.4 is 0 Å². The molecular weight excluding hydrogens is 267 g/mol. The lowest BCUT2D eigenvalue weighted by Crippen LogP contribution is -2.18. The molecule has 0 unspecified atom stereocenters. The molecule has 0 spiro atoms. The van der Waals surface area contributed by atoms with Crippen LogP contribution in [0.2, 0.25) is 0 Å². The molecule has 0 N–H and O–H groups in total. The molecule has 1 aliphatic rings. The highest BCUT2D eigenvalue weighted by Gasteiger charge is 2.41. The number of hydrogen-bond acceptors (Lipinski definition) is 2. The Balaban J connectivity index is 1.92. The van der Waals surface area contributed by atoms with Gasteiger partial charge in [0.2, 0.25) is 0 Å². The van der Waals surface area contributed by atoms with Gasteiger partial charge in [-0.1, -0.05) is 13.8 Å². The smallest absolute Gasteiger partial charge is 0.260 e. The second-order valence-electron chi connectivity index (χ2n) is 5.84. The fourth-order valence-corrected chi connectivity index (χ4v) is 2.78. The van der Waals surface area contributed by atoms with Gasteiger partial charge in [0, 0.05) is 23.2 Å². The van der Waals surface area contributed by atoms with E-state index in [-0.39, 0.29) is 0 Å². The third-order valence-electron chi connectivity index (χ3n) is 3.95. The minimum Gasteiger partial charge on any atom is -0.260 e. The molecule has 0 radical (unpaired) electrons. The van der Waals surface area contributed by atoms with E-state index in [1.165, 1.54) is 6.20 Å². The number of aromatic nitrogens is 3. The Morgan fingerprint density at radius 1 is 1.35 bits per heavy atom. The molecule has 0 saturated heterocycles. The summed E-state index contributed by atoms with van der Waals surface area (Å²) in [5.74, 6) is 1.56. The average molecular weight is 283 g/mol. The van der Waals surface area contributed by atoms with Crippen molar-refractivity contribution in [2.75, 3.05) is 0 Å². The maximum absolute atomic E-state index is 12.5. The summed E-state index contributed by atoms with van der Waals surface area (Å²) in [7, 11) is 0. The van der Waals surface area contributed by atoms with Crippen molar-refractivity contribution < 1.29 is 13.2 Å². The Labute approximate surface area is 114 Å². The molecule has 0 aromatic carbocycles.